The summed E-state index contributed by atoms with van der Waals surface area (Å²) in [6.07, 6.45) is 1.57. The topological polar surface area (TPSA) is 62.1 Å². The maximum absolute atomic E-state index is 12.6. The van der Waals surface area contributed by atoms with Gasteiger partial charge in [0.15, 0.2) is 0 Å². The van der Waals surface area contributed by atoms with Crippen LogP contribution in [-0.4, -0.2) is 5.91 Å². The van der Waals surface area contributed by atoms with Crippen molar-refractivity contribution in [1.82, 2.24) is 5.32 Å². The van der Waals surface area contributed by atoms with Gasteiger partial charge < -0.3 is 10.1 Å². The number of hydrogen-bond donors (Lipinski definition) is 1. The Morgan fingerprint density at radius 3 is 2.48 bits per heavy atom. The first-order valence-electron chi connectivity index (χ1n) is 9.92. The maximum atomic E-state index is 12.6. The quantitative estimate of drug-likeness (QED) is 0.331. The molecule has 0 radical (unpaired) electrons. The largest absolute Gasteiger partial charge is 0.488 e. The molecule has 4 nitrogen and oxygen atoms in total. The maximum Gasteiger partial charge on any atom is 0.262 e. The number of carbonyl (C=O) groups excluding carboxylic acids is 1. The Hall–Kier alpha value is -3.36. The van der Waals surface area contributed by atoms with Crippen LogP contribution in [0.4, 0.5) is 0 Å². The van der Waals surface area contributed by atoms with E-state index in [0.29, 0.717) is 12.4 Å². The standard InChI is InChI=1S/C26H23BrN2O2/c1-18-8-10-20(11-9-18)17-31-25-13-12-21(15-24(25)27)14-23(16-28)26(30)29-19(2)22-6-4-3-5-7-22/h3-15,19H,17H2,1-2H3,(H,29,30)/b23-14-/t19-/m1/s1. The van der Waals surface area contributed by atoms with Crippen LogP contribution in [0, 0.1) is 18.3 Å². The monoisotopic (exact) mass is 474 g/mol. The van der Waals surface area contributed by atoms with Gasteiger partial charge in [-0.3, -0.25) is 4.79 Å². The molecule has 0 heterocycles. The van der Waals surface area contributed by atoms with Crippen LogP contribution >= 0.6 is 15.9 Å². The Kier molecular flexibility index (Phi) is 7.64. The van der Waals surface area contributed by atoms with Crippen molar-refractivity contribution in [3.63, 3.8) is 0 Å². The van der Waals surface area contributed by atoms with Gasteiger partial charge in [-0.25, -0.2) is 0 Å². The van der Waals surface area contributed by atoms with Crippen LogP contribution in [0.5, 0.6) is 5.75 Å². The van der Waals surface area contributed by atoms with Crippen LogP contribution in [-0.2, 0) is 11.4 Å². The van der Waals surface area contributed by atoms with E-state index in [4.69, 9.17) is 4.74 Å². The van der Waals surface area contributed by atoms with Crippen LogP contribution in [0.15, 0.2) is 82.8 Å². The third-order valence-electron chi connectivity index (χ3n) is 4.79. The van der Waals surface area contributed by atoms with Crippen molar-refractivity contribution in [2.75, 3.05) is 0 Å². The minimum absolute atomic E-state index is 0.0444. The molecule has 0 saturated carbocycles. The van der Waals surface area contributed by atoms with Gasteiger partial charge in [-0.1, -0.05) is 66.2 Å². The Bertz CT molecular complexity index is 1120. The Balaban J connectivity index is 1.67. The number of nitrogens with zero attached hydrogens (tertiary/aromatic N) is 1. The molecule has 3 aromatic rings. The molecule has 156 valence electrons. The lowest BCUT2D eigenvalue weighted by molar-refractivity contribution is -0.117. The van der Waals surface area contributed by atoms with Crippen molar-refractivity contribution in [2.45, 2.75) is 26.5 Å². The molecule has 3 aromatic carbocycles. The third kappa shape index (κ3) is 6.31. The molecule has 3 rings (SSSR count). The predicted molar refractivity (Wildman–Crippen MR) is 126 cm³/mol. The minimum Gasteiger partial charge on any atom is -0.488 e. The lowest BCUT2D eigenvalue weighted by atomic mass is 10.1. The van der Waals surface area contributed by atoms with E-state index in [1.165, 1.54) is 5.56 Å². The zero-order valence-corrected chi connectivity index (χ0v) is 19.0. The second kappa shape index (κ2) is 10.6. The number of aryl methyl sites for hydroxylation is 1. The van der Waals surface area contributed by atoms with E-state index in [9.17, 15) is 10.1 Å². The number of ether oxygens (including phenoxy) is 1. The molecule has 0 spiro atoms. The Labute approximate surface area is 191 Å². The van der Waals surface area contributed by atoms with Crippen LogP contribution < -0.4 is 10.1 Å². The number of halogens is 1. The highest BCUT2D eigenvalue weighted by atomic mass is 79.9. The van der Waals surface area contributed by atoms with E-state index in [2.05, 4.69) is 33.4 Å². The fourth-order valence-electron chi connectivity index (χ4n) is 2.98. The molecule has 1 N–H and O–H groups in total. The molecular weight excluding hydrogens is 452 g/mol. The van der Waals surface area contributed by atoms with Crippen molar-refractivity contribution in [2.24, 2.45) is 0 Å². The molecule has 31 heavy (non-hydrogen) atoms. The smallest absolute Gasteiger partial charge is 0.262 e. The molecule has 0 aliphatic carbocycles. The van der Waals surface area contributed by atoms with Crippen LogP contribution in [0.3, 0.4) is 0 Å². The van der Waals surface area contributed by atoms with Gasteiger partial charge in [0.05, 0.1) is 10.5 Å². The molecule has 0 aromatic heterocycles. The van der Waals surface area contributed by atoms with Gasteiger partial charge in [0.1, 0.15) is 24.0 Å². The molecule has 0 aliphatic heterocycles. The number of nitriles is 1. The fourth-order valence-corrected chi connectivity index (χ4v) is 3.49. The van der Waals surface area contributed by atoms with Crippen LogP contribution in [0.2, 0.25) is 0 Å². The summed E-state index contributed by atoms with van der Waals surface area (Å²) in [4.78, 5) is 12.6. The van der Waals surface area contributed by atoms with E-state index < -0.39 is 5.91 Å². The molecule has 1 atom stereocenters. The predicted octanol–water partition coefficient (Wildman–Crippen LogP) is 6.12. The summed E-state index contributed by atoms with van der Waals surface area (Å²) in [5.74, 6) is 0.285. The lowest BCUT2D eigenvalue weighted by Gasteiger charge is -2.14. The van der Waals surface area contributed by atoms with Gasteiger partial charge in [-0.15, -0.1) is 0 Å². The van der Waals surface area contributed by atoms with Gasteiger partial charge in [-0.05, 0) is 64.7 Å². The van der Waals surface area contributed by atoms with Crippen LogP contribution in [0.25, 0.3) is 6.08 Å². The summed E-state index contributed by atoms with van der Waals surface area (Å²) >= 11 is 3.51. The van der Waals surface area contributed by atoms with Crippen molar-refractivity contribution in [3.8, 4) is 11.8 Å². The molecule has 1 amide bonds. The highest BCUT2D eigenvalue weighted by Gasteiger charge is 2.14. The number of rotatable bonds is 7. The second-order valence-corrected chi connectivity index (χ2v) is 8.09. The minimum atomic E-state index is -0.408. The van der Waals surface area contributed by atoms with Crippen LogP contribution in [0.1, 0.15) is 35.2 Å². The zero-order valence-electron chi connectivity index (χ0n) is 17.4. The van der Waals surface area contributed by atoms with Gasteiger partial charge >= 0.3 is 0 Å². The Morgan fingerprint density at radius 1 is 1.13 bits per heavy atom. The first-order chi connectivity index (χ1) is 15.0. The molecule has 5 heteroatoms. The zero-order chi connectivity index (χ0) is 22.2. The van der Waals surface area contributed by atoms with Crippen molar-refractivity contribution in [3.05, 3.63) is 105 Å². The third-order valence-corrected chi connectivity index (χ3v) is 5.41. The SMILES string of the molecule is Cc1ccc(COc2ccc(/C=C(/C#N)C(=O)N[C@H](C)c3ccccc3)cc2Br)cc1. The second-order valence-electron chi connectivity index (χ2n) is 7.24. The first kappa shape index (κ1) is 22.3. The highest BCUT2D eigenvalue weighted by Crippen LogP contribution is 2.28. The van der Waals surface area contributed by atoms with E-state index >= 15 is 0 Å². The summed E-state index contributed by atoms with van der Waals surface area (Å²) in [5, 5.41) is 12.3. The number of nitrogens with one attached hydrogen (secondary N) is 1. The summed E-state index contributed by atoms with van der Waals surface area (Å²) in [5.41, 5.74) is 4.04. The van der Waals surface area contributed by atoms with Crippen molar-refractivity contribution < 1.29 is 9.53 Å². The van der Waals surface area contributed by atoms with E-state index in [-0.39, 0.29) is 11.6 Å². The molecule has 0 bridgehead atoms. The van der Waals surface area contributed by atoms with Gasteiger partial charge in [0.25, 0.3) is 5.91 Å². The average molecular weight is 475 g/mol. The lowest BCUT2D eigenvalue weighted by Crippen LogP contribution is -2.27. The van der Waals surface area contributed by atoms with E-state index in [1.807, 2.05) is 80.6 Å². The molecule has 0 saturated heterocycles. The number of hydrogen-bond acceptors (Lipinski definition) is 3. The summed E-state index contributed by atoms with van der Waals surface area (Å²) in [7, 11) is 0. The summed E-state index contributed by atoms with van der Waals surface area (Å²) in [6, 6.07) is 25.1. The molecule has 0 fully saturated rings. The summed E-state index contributed by atoms with van der Waals surface area (Å²) < 4.78 is 6.64. The van der Waals surface area contributed by atoms with Gasteiger partial charge in [0, 0.05) is 0 Å². The molecule has 0 aliphatic rings. The number of amides is 1. The van der Waals surface area contributed by atoms with E-state index in [0.717, 1.165) is 21.2 Å². The summed E-state index contributed by atoms with van der Waals surface area (Å²) in [6.45, 7) is 4.39. The normalized spacial score (nSPS) is 12.0. The average Bonchev–Trinajstić information content (AvgIpc) is 2.78. The molecule has 0 unspecified atom stereocenters. The fraction of sp³-hybridized carbons (Fsp3) is 0.154. The van der Waals surface area contributed by atoms with Crippen molar-refractivity contribution in [1.29, 1.82) is 5.26 Å². The highest BCUT2D eigenvalue weighted by molar-refractivity contribution is 9.10. The Morgan fingerprint density at radius 2 is 1.84 bits per heavy atom. The van der Waals surface area contributed by atoms with E-state index in [1.54, 1.807) is 6.08 Å². The molecular formula is C26H23BrN2O2. The van der Waals surface area contributed by atoms with Crippen molar-refractivity contribution >= 4 is 27.9 Å². The van der Waals surface area contributed by atoms with Gasteiger partial charge in [-0.2, -0.15) is 5.26 Å². The first-order valence-corrected chi connectivity index (χ1v) is 10.7. The number of benzene rings is 3. The number of carbonyl (C=O) groups is 1. The van der Waals surface area contributed by atoms with Gasteiger partial charge in [0.2, 0.25) is 0 Å².